The summed E-state index contributed by atoms with van der Waals surface area (Å²) in [5, 5.41) is 8.98. The van der Waals surface area contributed by atoms with Crippen LogP contribution in [-0.4, -0.2) is 10.2 Å². The molecule has 0 fully saturated rings. The highest BCUT2D eigenvalue weighted by atomic mass is 35.5. The Morgan fingerprint density at radius 3 is 2.75 bits per heavy atom. The van der Waals surface area contributed by atoms with Crippen LogP contribution in [0.15, 0.2) is 18.2 Å². The van der Waals surface area contributed by atoms with Crippen LogP contribution >= 0.6 is 34.5 Å². The molecule has 0 aliphatic rings. The predicted molar refractivity (Wildman–Crippen MR) is 64.6 cm³/mol. The average Bonchev–Trinajstić information content (AvgIpc) is 2.71. The summed E-state index contributed by atoms with van der Waals surface area (Å²) in [6.07, 6.45) is 0. The summed E-state index contributed by atoms with van der Waals surface area (Å²) in [5.41, 5.74) is 0.544. The molecule has 0 saturated heterocycles. The third-order valence-electron chi connectivity index (χ3n) is 1.96. The summed E-state index contributed by atoms with van der Waals surface area (Å²) >= 11 is 13.0. The lowest BCUT2D eigenvalue weighted by Crippen LogP contribution is -1.83. The Balaban J connectivity index is 2.47. The van der Waals surface area contributed by atoms with Crippen LogP contribution < -0.4 is 0 Å². The molecule has 1 aromatic heterocycles. The largest absolute Gasteiger partial charge is 0.205 e. The van der Waals surface area contributed by atoms with E-state index in [9.17, 15) is 4.39 Å². The van der Waals surface area contributed by atoms with E-state index in [0.29, 0.717) is 15.6 Å². The molecule has 2 nitrogen and oxygen atoms in total. The van der Waals surface area contributed by atoms with Crippen LogP contribution in [0.3, 0.4) is 0 Å². The maximum Gasteiger partial charge on any atom is 0.149 e. The number of alkyl halides is 1. The van der Waals surface area contributed by atoms with Crippen LogP contribution in [0, 0.1) is 5.82 Å². The van der Waals surface area contributed by atoms with Gasteiger partial charge in [-0.3, -0.25) is 0 Å². The molecular weight excluding hydrogens is 270 g/mol. The lowest BCUT2D eigenvalue weighted by Gasteiger charge is -1.99. The molecule has 0 aliphatic heterocycles. The van der Waals surface area contributed by atoms with Gasteiger partial charge in [0, 0.05) is 5.56 Å². The first-order chi connectivity index (χ1) is 7.59. The summed E-state index contributed by atoms with van der Waals surface area (Å²) in [5.74, 6) is -0.463. The van der Waals surface area contributed by atoms with Crippen LogP contribution in [-0.2, 0) is 0 Å². The highest BCUT2D eigenvalue weighted by molar-refractivity contribution is 7.15. The van der Waals surface area contributed by atoms with Gasteiger partial charge in [-0.15, -0.1) is 21.8 Å². The molecule has 16 heavy (non-hydrogen) atoms. The van der Waals surface area contributed by atoms with Crippen molar-refractivity contribution in [2.24, 2.45) is 0 Å². The molecule has 0 aliphatic carbocycles. The smallest absolute Gasteiger partial charge is 0.149 e. The van der Waals surface area contributed by atoms with Crippen molar-refractivity contribution in [2.45, 2.75) is 12.3 Å². The number of aromatic nitrogens is 2. The van der Waals surface area contributed by atoms with Crippen LogP contribution in [0.1, 0.15) is 17.3 Å². The fourth-order valence-corrected chi connectivity index (χ4v) is 2.43. The van der Waals surface area contributed by atoms with E-state index in [4.69, 9.17) is 23.2 Å². The maximum absolute atomic E-state index is 13.2. The lowest BCUT2D eigenvalue weighted by atomic mass is 10.2. The number of hydrogen-bond acceptors (Lipinski definition) is 3. The molecule has 1 heterocycles. The van der Waals surface area contributed by atoms with Crippen LogP contribution in [0.4, 0.5) is 4.39 Å². The minimum atomic E-state index is -0.463. The van der Waals surface area contributed by atoms with Gasteiger partial charge in [-0.05, 0) is 13.0 Å². The lowest BCUT2D eigenvalue weighted by molar-refractivity contribution is 0.628. The van der Waals surface area contributed by atoms with Crippen LogP contribution in [0.25, 0.3) is 10.6 Å². The molecule has 1 unspecified atom stereocenters. The maximum atomic E-state index is 13.2. The molecular formula is C10H7Cl2FN2S. The molecule has 0 amide bonds. The predicted octanol–water partition coefficient (Wildman–Crippen LogP) is 4.30. The van der Waals surface area contributed by atoms with Crippen molar-refractivity contribution in [2.75, 3.05) is 0 Å². The van der Waals surface area contributed by atoms with E-state index in [1.165, 1.54) is 17.4 Å². The van der Waals surface area contributed by atoms with Gasteiger partial charge >= 0.3 is 0 Å². The van der Waals surface area contributed by atoms with Crippen molar-refractivity contribution in [1.29, 1.82) is 0 Å². The standard InChI is InChI=1S/C10H7Cl2FN2S/c1-5(11)9-14-15-10(16-9)6-3-2-4-7(13)8(6)12/h2-5H,1H3. The van der Waals surface area contributed by atoms with Gasteiger partial charge in [0.1, 0.15) is 15.8 Å². The van der Waals surface area contributed by atoms with Crippen LogP contribution in [0.2, 0.25) is 5.02 Å². The zero-order valence-corrected chi connectivity index (χ0v) is 10.6. The third kappa shape index (κ3) is 2.19. The SMILES string of the molecule is CC(Cl)c1nnc(-c2cccc(F)c2Cl)s1. The molecule has 1 aromatic carbocycles. The molecule has 2 rings (SSSR count). The van der Waals surface area contributed by atoms with Crippen molar-refractivity contribution < 1.29 is 4.39 Å². The zero-order chi connectivity index (χ0) is 11.7. The zero-order valence-electron chi connectivity index (χ0n) is 8.25. The van der Waals surface area contributed by atoms with E-state index in [-0.39, 0.29) is 10.4 Å². The normalized spacial score (nSPS) is 12.8. The Bertz CT molecular complexity index is 513. The number of nitrogens with zero attached hydrogens (tertiary/aromatic N) is 2. The molecule has 6 heteroatoms. The van der Waals surface area contributed by atoms with Gasteiger partial charge in [-0.2, -0.15) is 0 Å². The first kappa shape index (κ1) is 11.8. The molecule has 0 bridgehead atoms. The average molecular weight is 277 g/mol. The second kappa shape index (κ2) is 4.65. The minimum absolute atomic E-state index is 0.0624. The summed E-state index contributed by atoms with van der Waals surface area (Å²) in [7, 11) is 0. The third-order valence-corrected chi connectivity index (χ3v) is 3.82. The quantitative estimate of drug-likeness (QED) is 0.765. The first-order valence-corrected chi connectivity index (χ1v) is 6.14. The molecule has 2 aromatic rings. The number of rotatable bonds is 2. The van der Waals surface area contributed by atoms with Crippen molar-refractivity contribution in [3.63, 3.8) is 0 Å². The van der Waals surface area contributed by atoms with E-state index in [2.05, 4.69) is 10.2 Å². The van der Waals surface area contributed by atoms with Gasteiger partial charge in [-0.25, -0.2) is 4.39 Å². The summed E-state index contributed by atoms with van der Waals surface area (Å²) in [6, 6.07) is 4.59. The van der Waals surface area contributed by atoms with E-state index in [1.807, 2.05) is 0 Å². The molecule has 0 saturated carbocycles. The molecule has 1 atom stereocenters. The van der Waals surface area contributed by atoms with Crippen molar-refractivity contribution >= 4 is 34.5 Å². The minimum Gasteiger partial charge on any atom is -0.205 e. The van der Waals surface area contributed by atoms with Crippen molar-refractivity contribution in [3.05, 3.63) is 34.0 Å². The van der Waals surface area contributed by atoms with Gasteiger partial charge in [0.05, 0.1) is 10.4 Å². The monoisotopic (exact) mass is 276 g/mol. The second-order valence-corrected chi connectivity index (χ2v) is 5.20. The van der Waals surface area contributed by atoms with Crippen molar-refractivity contribution in [3.8, 4) is 10.6 Å². The fourth-order valence-electron chi connectivity index (χ4n) is 1.17. The Morgan fingerprint density at radius 2 is 2.12 bits per heavy atom. The molecule has 0 radical (unpaired) electrons. The van der Waals surface area contributed by atoms with E-state index < -0.39 is 5.82 Å². The highest BCUT2D eigenvalue weighted by Gasteiger charge is 2.14. The first-order valence-electron chi connectivity index (χ1n) is 4.51. The number of hydrogen-bond donors (Lipinski definition) is 0. The van der Waals surface area contributed by atoms with E-state index >= 15 is 0 Å². The summed E-state index contributed by atoms with van der Waals surface area (Å²) in [4.78, 5) is 0. The van der Waals surface area contributed by atoms with E-state index in [1.54, 1.807) is 19.1 Å². The fraction of sp³-hybridized carbons (Fsp3) is 0.200. The van der Waals surface area contributed by atoms with E-state index in [0.717, 1.165) is 0 Å². The van der Waals surface area contributed by atoms with Gasteiger partial charge in [0.2, 0.25) is 0 Å². The Hall–Kier alpha value is -0.710. The molecule has 0 spiro atoms. The molecule has 84 valence electrons. The number of benzene rings is 1. The second-order valence-electron chi connectivity index (χ2n) is 3.16. The van der Waals surface area contributed by atoms with Gasteiger partial charge in [0.15, 0.2) is 0 Å². The number of halogens is 3. The Kier molecular flexibility index (Phi) is 3.42. The van der Waals surface area contributed by atoms with Gasteiger partial charge < -0.3 is 0 Å². The topological polar surface area (TPSA) is 25.8 Å². The van der Waals surface area contributed by atoms with Gasteiger partial charge in [0.25, 0.3) is 0 Å². The Labute approximate surface area is 106 Å². The van der Waals surface area contributed by atoms with Crippen LogP contribution in [0.5, 0.6) is 0 Å². The van der Waals surface area contributed by atoms with Crippen molar-refractivity contribution in [1.82, 2.24) is 10.2 Å². The van der Waals surface area contributed by atoms with Gasteiger partial charge in [-0.1, -0.05) is 35.1 Å². The summed E-state index contributed by atoms with van der Waals surface area (Å²) in [6.45, 7) is 1.80. The Morgan fingerprint density at radius 1 is 1.38 bits per heavy atom. The molecule has 0 N–H and O–H groups in total. The highest BCUT2D eigenvalue weighted by Crippen LogP contribution is 2.34. The summed E-state index contributed by atoms with van der Waals surface area (Å²) < 4.78 is 13.2.